The van der Waals surface area contributed by atoms with E-state index < -0.39 is 10.0 Å². The topological polar surface area (TPSA) is 84.7 Å². The molecule has 1 unspecified atom stereocenters. The summed E-state index contributed by atoms with van der Waals surface area (Å²) in [6, 6.07) is 6.98. The molecule has 112 valence electrons. The van der Waals surface area contributed by atoms with Crippen LogP contribution in [0.5, 0.6) is 0 Å². The molecular formula is C13H21N3O3S. The Morgan fingerprint density at radius 2 is 2.20 bits per heavy atom. The Morgan fingerprint density at radius 3 is 2.90 bits per heavy atom. The third kappa shape index (κ3) is 4.45. The molecule has 0 spiro atoms. The maximum atomic E-state index is 12.0. The predicted octanol–water partition coefficient (Wildman–Crippen LogP) is 0.0188. The molecule has 1 heterocycles. The number of nitrogens with zero attached hydrogens (tertiary/aromatic N) is 1. The quantitative estimate of drug-likeness (QED) is 0.749. The van der Waals surface area contributed by atoms with Gasteiger partial charge in [-0.3, -0.25) is 0 Å². The Hall–Kier alpha value is -1.15. The maximum absolute atomic E-state index is 12.0. The molecule has 1 aliphatic heterocycles. The first-order valence-corrected chi connectivity index (χ1v) is 8.22. The lowest BCUT2D eigenvalue weighted by Gasteiger charge is -2.30. The fourth-order valence-electron chi connectivity index (χ4n) is 2.13. The number of hydrogen-bond acceptors (Lipinski definition) is 5. The van der Waals surface area contributed by atoms with Crippen LogP contribution < -0.4 is 10.5 Å². The molecule has 2 rings (SSSR count). The van der Waals surface area contributed by atoms with Gasteiger partial charge in [-0.25, -0.2) is 13.1 Å². The first-order valence-electron chi connectivity index (χ1n) is 6.57. The molecule has 0 radical (unpaired) electrons. The second kappa shape index (κ2) is 6.53. The Kier molecular flexibility index (Phi) is 4.98. The normalized spacial score (nSPS) is 20.9. The van der Waals surface area contributed by atoms with Gasteiger partial charge in [0.1, 0.15) is 0 Å². The summed E-state index contributed by atoms with van der Waals surface area (Å²) in [5, 5.41) is 0. The van der Waals surface area contributed by atoms with Crippen LogP contribution in [0.4, 0.5) is 5.69 Å². The average Bonchev–Trinajstić information content (AvgIpc) is 2.39. The smallest absolute Gasteiger partial charge is 0.215 e. The minimum absolute atomic E-state index is 0.100. The van der Waals surface area contributed by atoms with Crippen molar-refractivity contribution in [1.29, 1.82) is 0 Å². The first kappa shape index (κ1) is 15.2. The van der Waals surface area contributed by atoms with E-state index in [-0.39, 0.29) is 11.9 Å². The minimum atomic E-state index is -3.40. The number of para-hydroxylation sites is 1. The number of morpholine rings is 1. The fourth-order valence-corrected chi connectivity index (χ4v) is 3.35. The number of nitrogens with two attached hydrogens (primary N) is 1. The molecule has 20 heavy (non-hydrogen) atoms. The number of nitrogen functional groups attached to an aromatic ring is 1. The summed E-state index contributed by atoms with van der Waals surface area (Å²) in [5.41, 5.74) is 6.87. The van der Waals surface area contributed by atoms with Crippen molar-refractivity contribution in [2.75, 3.05) is 39.0 Å². The van der Waals surface area contributed by atoms with Gasteiger partial charge in [0, 0.05) is 25.3 Å². The lowest BCUT2D eigenvalue weighted by atomic mass is 10.2. The molecule has 1 aromatic carbocycles. The summed E-state index contributed by atoms with van der Waals surface area (Å²) < 4.78 is 32.2. The highest BCUT2D eigenvalue weighted by Crippen LogP contribution is 2.13. The van der Waals surface area contributed by atoms with E-state index in [1.54, 1.807) is 24.3 Å². The summed E-state index contributed by atoms with van der Waals surface area (Å²) in [6.45, 7) is 2.54. The minimum Gasteiger partial charge on any atom is -0.398 e. The SMILES string of the molecule is CN1CCOC(CNS(=O)(=O)Cc2ccccc2N)C1. The highest BCUT2D eigenvalue weighted by atomic mass is 32.2. The number of ether oxygens (including phenoxy) is 1. The number of rotatable bonds is 5. The van der Waals surface area contributed by atoms with Crippen LogP contribution >= 0.6 is 0 Å². The highest BCUT2D eigenvalue weighted by Gasteiger charge is 2.20. The number of sulfonamides is 1. The largest absolute Gasteiger partial charge is 0.398 e. The molecule has 1 aliphatic rings. The van der Waals surface area contributed by atoms with Gasteiger partial charge in [-0.1, -0.05) is 18.2 Å². The number of benzene rings is 1. The number of hydrogen-bond donors (Lipinski definition) is 2. The van der Waals surface area contributed by atoms with E-state index >= 15 is 0 Å². The lowest BCUT2D eigenvalue weighted by molar-refractivity contribution is -0.0156. The van der Waals surface area contributed by atoms with Gasteiger partial charge >= 0.3 is 0 Å². The number of likely N-dealkylation sites (N-methyl/N-ethyl adjacent to an activating group) is 1. The first-order chi connectivity index (χ1) is 9.46. The highest BCUT2D eigenvalue weighted by molar-refractivity contribution is 7.88. The molecule has 7 heteroatoms. The molecule has 1 saturated heterocycles. The van der Waals surface area contributed by atoms with Gasteiger partial charge in [-0.2, -0.15) is 0 Å². The van der Waals surface area contributed by atoms with E-state index in [2.05, 4.69) is 9.62 Å². The van der Waals surface area contributed by atoms with Crippen LogP contribution in [0.1, 0.15) is 5.56 Å². The summed E-state index contributed by atoms with van der Waals surface area (Å²) in [5.74, 6) is -0.109. The zero-order valence-electron chi connectivity index (χ0n) is 11.6. The van der Waals surface area contributed by atoms with E-state index in [1.807, 2.05) is 7.05 Å². The van der Waals surface area contributed by atoms with Gasteiger partial charge in [0.2, 0.25) is 10.0 Å². The van der Waals surface area contributed by atoms with Crippen LogP contribution in [-0.4, -0.2) is 52.7 Å². The standard InChI is InChI=1S/C13H21N3O3S/c1-16-6-7-19-12(9-16)8-15-20(17,18)10-11-4-2-3-5-13(11)14/h2-5,12,15H,6-10,14H2,1H3. The van der Waals surface area contributed by atoms with Crippen molar-refractivity contribution in [3.63, 3.8) is 0 Å². The van der Waals surface area contributed by atoms with Gasteiger partial charge in [0.25, 0.3) is 0 Å². The van der Waals surface area contributed by atoms with Crippen molar-refractivity contribution < 1.29 is 13.2 Å². The lowest BCUT2D eigenvalue weighted by Crippen LogP contribution is -2.46. The molecule has 0 amide bonds. The summed E-state index contributed by atoms with van der Waals surface area (Å²) in [6.07, 6.45) is -0.100. The fraction of sp³-hybridized carbons (Fsp3) is 0.538. The monoisotopic (exact) mass is 299 g/mol. The second-order valence-electron chi connectivity index (χ2n) is 5.06. The van der Waals surface area contributed by atoms with Crippen molar-refractivity contribution in [3.8, 4) is 0 Å². The molecule has 0 aromatic heterocycles. The van der Waals surface area contributed by atoms with Gasteiger partial charge < -0.3 is 15.4 Å². The Bertz CT molecular complexity index is 548. The maximum Gasteiger partial charge on any atom is 0.215 e. The Labute approximate surface area is 120 Å². The van der Waals surface area contributed by atoms with Gasteiger partial charge in [-0.05, 0) is 18.7 Å². The van der Waals surface area contributed by atoms with Crippen molar-refractivity contribution >= 4 is 15.7 Å². The van der Waals surface area contributed by atoms with Gasteiger partial charge in [0.05, 0.1) is 18.5 Å². The van der Waals surface area contributed by atoms with Crippen molar-refractivity contribution in [3.05, 3.63) is 29.8 Å². The zero-order valence-corrected chi connectivity index (χ0v) is 12.4. The molecule has 0 aliphatic carbocycles. The van der Waals surface area contributed by atoms with E-state index in [9.17, 15) is 8.42 Å². The third-order valence-electron chi connectivity index (χ3n) is 3.27. The van der Waals surface area contributed by atoms with E-state index in [4.69, 9.17) is 10.5 Å². The van der Waals surface area contributed by atoms with Gasteiger partial charge in [-0.15, -0.1) is 0 Å². The second-order valence-corrected chi connectivity index (χ2v) is 6.87. The Balaban J connectivity index is 1.89. The van der Waals surface area contributed by atoms with Crippen molar-refractivity contribution in [2.24, 2.45) is 0 Å². The van der Waals surface area contributed by atoms with Crippen LogP contribution in [0.25, 0.3) is 0 Å². The molecule has 6 nitrogen and oxygen atoms in total. The van der Waals surface area contributed by atoms with Crippen LogP contribution in [0, 0.1) is 0 Å². The van der Waals surface area contributed by atoms with Gasteiger partial charge in [0.15, 0.2) is 0 Å². The summed E-state index contributed by atoms with van der Waals surface area (Å²) in [4.78, 5) is 2.12. The molecule has 0 bridgehead atoms. The summed E-state index contributed by atoms with van der Waals surface area (Å²) >= 11 is 0. The van der Waals surface area contributed by atoms with Crippen LogP contribution in [0.3, 0.4) is 0 Å². The number of nitrogens with one attached hydrogen (secondary N) is 1. The van der Waals surface area contributed by atoms with E-state index in [0.717, 1.165) is 13.1 Å². The van der Waals surface area contributed by atoms with Crippen molar-refractivity contribution in [2.45, 2.75) is 11.9 Å². The third-order valence-corrected chi connectivity index (χ3v) is 4.57. The molecule has 1 fully saturated rings. The average molecular weight is 299 g/mol. The van der Waals surface area contributed by atoms with Crippen molar-refractivity contribution in [1.82, 2.24) is 9.62 Å². The molecule has 1 aromatic rings. The van der Waals surface area contributed by atoms with E-state index in [0.29, 0.717) is 24.4 Å². The Morgan fingerprint density at radius 1 is 1.45 bits per heavy atom. The summed E-state index contributed by atoms with van der Waals surface area (Å²) in [7, 11) is -1.41. The number of anilines is 1. The van der Waals surface area contributed by atoms with Crippen LogP contribution in [-0.2, 0) is 20.5 Å². The predicted molar refractivity (Wildman–Crippen MR) is 78.7 cm³/mol. The molecular weight excluding hydrogens is 278 g/mol. The molecule has 1 atom stereocenters. The van der Waals surface area contributed by atoms with E-state index in [1.165, 1.54) is 0 Å². The molecule has 0 saturated carbocycles. The zero-order chi connectivity index (χ0) is 14.6. The molecule has 3 N–H and O–H groups in total. The van der Waals surface area contributed by atoms with Crippen LogP contribution in [0.2, 0.25) is 0 Å². The van der Waals surface area contributed by atoms with Crippen LogP contribution in [0.15, 0.2) is 24.3 Å².